The van der Waals surface area contributed by atoms with Crippen LogP contribution in [0.15, 0.2) is 55.0 Å². The van der Waals surface area contributed by atoms with Gasteiger partial charge in [-0.15, -0.1) is 0 Å². The van der Waals surface area contributed by atoms with Crippen molar-refractivity contribution in [2.75, 3.05) is 0 Å². The maximum absolute atomic E-state index is 4.42. The zero-order valence-electron chi connectivity index (χ0n) is 17.2. The number of nitrogens with zero attached hydrogens (tertiary/aromatic N) is 3. The van der Waals surface area contributed by atoms with Gasteiger partial charge in [0.2, 0.25) is 0 Å². The molecule has 0 radical (unpaired) electrons. The van der Waals surface area contributed by atoms with Crippen LogP contribution in [0, 0.1) is 13.8 Å². The second kappa shape index (κ2) is 7.91. The van der Waals surface area contributed by atoms with E-state index in [2.05, 4.69) is 86.2 Å². The third-order valence-corrected chi connectivity index (χ3v) is 4.99. The molecule has 4 rings (SSSR count). The normalized spacial score (nSPS) is 11.3. The molecule has 27 heavy (non-hydrogen) atoms. The number of rotatable bonds is 2. The second-order valence-electron chi connectivity index (χ2n) is 7.74. The van der Waals surface area contributed by atoms with Crippen LogP contribution < -0.4 is 0 Å². The van der Waals surface area contributed by atoms with Crippen LogP contribution in [0.1, 0.15) is 61.9 Å². The first-order chi connectivity index (χ1) is 12.9. The van der Waals surface area contributed by atoms with Crippen LogP contribution in [0.25, 0.3) is 16.6 Å². The second-order valence-corrected chi connectivity index (χ2v) is 7.74. The molecule has 0 aliphatic heterocycles. The van der Waals surface area contributed by atoms with Crippen LogP contribution in [0.3, 0.4) is 0 Å². The van der Waals surface area contributed by atoms with Gasteiger partial charge in [-0.05, 0) is 54.5 Å². The van der Waals surface area contributed by atoms with Crippen molar-refractivity contribution in [3.63, 3.8) is 0 Å². The minimum Gasteiger partial charge on any atom is -0.304 e. The molecule has 0 unspecified atom stereocenters. The Bertz CT molecular complexity index is 1060. The van der Waals surface area contributed by atoms with Gasteiger partial charge < -0.3 is 4.40 Å². The molecule has 3 heteroatoms. The van der Waals surface area contributed by atoms with Crippen LogP contribution in [0.4, 0.5) is 0 Å². The van der Waals surface area contributed by atoms with E-state index in [0.29, 0.717) is 11.8 Å². The van der Waals surface area contributed by atoms with E-state index in [1.807, 2.05) is 24.7 Å². The first-order valence-electron chi connectivity index (χ1n) is 9.67. The summed E-state index contributed by atoms with van der Waals surface area (Å²) in [6.07, 6.45) is 5.74. The highest BCUT2D eigenvalue weighted by Gasteiger charge is 2.07. The highest BCUT2D eigenvalue weighted by Crippen LogP contribution is 2.26. The van der Waals surface area contributed by atoms with Gasteiger partial charge in [0.05, 0.1) is 5.52 Å². The monoisotopic (exact) mass is 359 g/mol. The maximum atomic E-state index is 4.42. The molecule has 0 N–H and O–H groups in total. The number of aromatic nitrogens is 3. The first-order valence-corrected chi connectivity index (χ1v) is 9.67. The summed E-state index contributed by atoms with van der Waals surface area (Å²) in [5.74, 6) is 1.10. The summed E-state index contributed by atoms with van der Waals surface area (Å²) in [6, 6.07) is 12.8. The van der Waals surface area contributed by atoms with Crippen LogP contribution in [0.2, 0.25) is 0 Å². The van der Waals surface area contributed by atoms with Gasteiger partial charge in [0.1, 0.15) is 5.65 Å². The molecule has 3 aromatic heterocycles. The lowest BCUT2D eigenvalue weighted by molar-refractivity contribution is 0.800. The van der Waals surface area contributed by atoms with Crippen molar-refractivity contribution >= 4 is 16.6 Å². The third-order valence-electron chi connectivity index (χ3n) is 4.99. The lowest BCUT2D eigenvalue weighted by Gasteiger charge is -2.10. The predicted molar refractivity (Wildman–Crippen MR) is 115 cm³/mol. The fraction of sp³-hybridized carbons (Fsp3) is 0.333. The SMILES string of the molecule is Cc1ccc(C(C)C)c2cccnc12.Cc1ccc(C(C)C)n2ccnc12. The summed E-state index contributed by atoms with van der Waals surface area (Å²) in [6.45, 7) is 13.0. The van der Waals surface area contributed by atoms with E-state index in [0.717, 1.165) is 11.2 Å². The van der Waals surface area contributed by atoms with Crippen molar-refractivity contribution in [2.45, 2.75) is 53.4 Å². The Hall–Kier alpha value is -2.68. The van der Waals surface area contributed by atoms with Gasteiger partial charge in [0, 0.05) is 29.7 Å². The lowest BCUT2D eigenvalue weighted by atomic mass is 9.96. The molecule has 140 valence electrons. The Kier molecular flexibility index (Phi) is 5.59. The molecule has 0 fully saturated rings. The van der Waals surface area contributed by atoms with Crippen molar-refractivity contribution in [3.05, 3.63) is 77.4 Å². The van der Waals surface area contributed by atoms with Crippen molar-refractivity contribution in [1.29, 1.82) is 0 Å². The molecular weight excluding hydrogens is 330 g/mol. The zero-order valence-corrected chi connectivity index (χ0v) is 17.2. The number of hydrogen-bond acceptors (Lipinski definition) is 2. The van der Waals surface area contributed by atoms with Crippen LogP contribution >= 0.6 is 0 Å². The number of fused-ring (bicyclic) bond motifs is 2. The maximum Gasteiger partial charge on any atom is 0.139 e. The van der Waals surface area contributed by atoms with Gasteiger partial charge in [-0.3, -0.25) is 4.98 Å². The lowest BCUT2D eigenvalue weighted by Crippen LogP contribution is -1.98. The summed E-state index contributed by atoms with van der Waals surface area (Å²) < 4.78 is 2.17. The smallest absolute Gasteiger partial charge is 0.139 e. The molecule has 0 aliphatic rings. The molecule has 3 heterocycles. The third kappa shape index (κ3) is 3.87. The molecule has 0 saturated carbocycles. The van der Waals surface area contributed by atoms with E-state index in [9.17, 15) is 0 Å². The van der Waals surface area contributed by atoms with Crippen LogP contribution in [-0.4, -0.2) is 14.4 Å². The molecule has 1 aromatic carbocycles. The highest BCUT2D eigenvalue weighted by atomic mass is 15.0. The molecule has 0 aliphatic carbocycles. The zero-order chi connectivity index (χ0) is 19.6. The van der Waals surface area contributed by atoms with Gasteiger partial charge in [-0.25, -0.2) is 4.98 Å². The highest BCUT2D eigenvalue weighted by molar-refractivity contribution is 5.85. The Labute approximate surface area is 162 Å². The number of pyridine rings is 2. The van der Waals surface area contributed by atoms with E-state index in [4.69, 9.17) is 0 Å². The van der Waals surface area contributed by atoms with E-state index < -0.39 is 0 Å². The van der Waals surface area contributed by atoms with Gasteiger partial charge in [0.25, 0.3) is 0 Å². The number of benzene rings is 1. The minimum atomic E-state index is 0.539. The molecule has 0 amide bonds. The Balaban J connectivity index is 0.000000156. The van der Waals surface area contributed by atoms with E-state index in [-0.39, 0.29) is 0 Å². The first kappa shape index (κ1) is 19.1. The average Bonchev–Trinajstić information content (AvgIpc) is 3.13. The standard InChI is InChI=1S/C13H15N.C11H14N2/c1-9(2)11-7-6-10(3)13-12(11)5-4-8-14-13;1-8(2)10-5-4-9(3)11-12-6-7-13(10)11/h4-9H,1-3H3;4-8H,1-3H3. The fourth-order valence-corrected chi connectivity index (χ4v) is 3.48. The van der Waals surface area contributed by atoms with Crippen molar-refractivity contribution in [1.82, 2.24) is 14.4 Å². The van der Waals surface area contributed by atoms with Crippen LogP contribution in [-0.2, 0) is 0 Å². The fourth-order valence-electron chi connectivity index (χ4n) is 3.48. The summed E-state index contributed by atoms with van der Waals surface area (Å²) in [5.41, 5.74) is 7.40. The molecule has 0 saturated heterocycles. The van der Waals surface area contributed by atoms with Crippen molar-refractivity contribution in [3.8, 4) is 0 Å². The van der Waals surface area contributed by atoms with Crippen molar-refractivity contribution < 1.29 is 0 Å². The van der Waals surface area contributed by atoms with Gasteiger partial charge in [-0.2, -0.15) is 0 Å². The molecule has 4 aromatic rings. The van der Waals surface area contributed by atoms with Crippen molar-refractivity contribution in [2.24, 2.45) is 0 Å². The molecule has 0 atom stereocenters. The number of aryl methyl sites for hydroxylation is 2. The molecule has 3 nitrogen and oxygen atoms in total. The summed E-state index contributed by atoms with van der Waals surface area (Å²) in [5, 5.41) is 1.29. The Morgan fingerprint density at radius 2 is 1.52 bits per heavy atom. The van der Waals surface area contributed by atoms with E-state index in [1.165, 1.54) is 27.8 Å². The minimum absolute atomic E-state index is 0.539. The number of hydrogen-bond donors (Lipinski definition) is 0. The Morgan fingerprint density at radius 1 is 0.778 bits per heavy atom. The van der Waals surface area contributed by atoms with E-state index in [1.54, 1.807) is 0 Å². The molecule has 0 bridgehead atoms. The Morgan fingerprint density at radius 3 is 2.22 bits per heavy atom. The number of imidazole rings is 1. The quantitative estimate of drug-likeness (QED) is 0.412. The van der Waals surface area contributed by atoms with Gasteiger partial charge in [0.15, 0.2) is 0 Å². The summed E-state index contributed by atoms with van der Waals surface area (Å²) >= 11 is 0. The topological polar surface area (TPSA) is 30.2 Å². The van der Waals surface area contributed by atoms with Gasteiger partial charge in [-0.1, -0.05) is 52.0 Å². The van der Waals surface area contributed by atoms with Gasteiger partial charge >= 0.3 is 0 Å². The summed E-state index contributed by atoms with van der Waals surface area (Å²) in [7, 11) is 0. The average molecular weight is 360 g/mol. The molecule has 0 spiro atoms. The predicted octanol–water partition coefficient (Wildman–Crippen LogP) is 6.43. The van der Waals surface area contributed by atoms with E-state index >= 15 is 0 Å². The van der Waals surface area contributed by atoms with Crippen LogP contribution in [0.5, 0.6) is 0 Å². The summed E-state index contributed by atoms with van der Waals surface area (Å²) in [4.78, 5) is 8.75. The largest absolute Gasteiger partial charge is 0.304 e. The molecular formula is C24H29N3.